The molecule has 5 rings (SSSR count). The van der Waals surface area contributed by atoms with Crippen molar-refractivity contribution < 1.29 is 13.7 Å². The van der Waals surface area contributed by atoms with Gasteiger partial charge in [-0.05, 0) is 48.9 Å². The monoisotopic (exact) mass is 454 g/mol. The molecule has 2 aromatic heterocycles. The van der Waals surface area contributed by atoms with Gasteiger partial charge >= 0.3 is 0 Å². The van der Waals surface area contributed by atoms with E-state index in [1.165, 1.54) is 10.7 Å². The second-order valence-electron chi connectivity index (χ2n) is 9.70. The van der Waals surface area contributed by atoms with E-state index in [4.69, 9.17) is 4.52 Å². The molecule has 0 bridgehead atoms. The van der Waals surface area contributed by atoms with E-state index in [-0.39, 0.29) is 23.6 Å². The van der Waals surface area contributed by atoms with Crippen molar-refractivity contribution in [1.82, 2.24) is 29.7 Å². The Morgan fingerprint density at radius 1 is 1.27 bits per heavy atom. The number of likely N-dealkylation sites (tertiary alicyclic amines) is 2. The first-order chi connectivity index (χ1) is 15.9. The molecular formula is C24H31FN6O2. The molecule has 2 saturated heterocycles. The number of hydrogen-bond acceptors (Lipinski definition) is 6. The number of hydrogen-bond donors (Lipinski definition) is 0. The van der Waals surface area contributed by atoms with E-state index in [1.54, 1.807) is 13.0 Å². The van der Waals surface area contributed by atoms with Crippen molar-refractivity contribution in [3.8, 4) is 5.95 Å². The lowest BCUT2D eigenvalue weighted by molar-refractivity contribution is -0.129. The predicted molar refractivity (Wildman–Crippen MR) is 122 cm³/mol. The normalized spacial score (nSPS) is 21.7. The van der Waals surface area contributed by atoms with E-state index >= 15 is 0 Å². The highest BCUT2D eigenvalue weighted by Crippen LogP contribution is 2.29. The van der Waals surface area contributed by atoms with Crippen LogP contribution in [0.5, 0.6) is 0 Å². The van der Waals surface area contributed by atoms with E-state index in [0.717, 1.165) is 56.5 Å². The van der Waals surface area contributed by atoms with E-state index in [2.05, 4.69) is 20.1 Å². The maximum atomic E-state index is 14.7. The second-order valence-corrected chi connectivity index (χ2v) is 9.70. The van der Waals surface area contributed by atoms with Gasteiger partial charge in [-0.3, -0.25) is 4.79 Å². The molecule has 1 amide bonds. The molecule has 8 nitrogen and oxygen atoms in total. The summed E-state index contributed by atoms with van der Waals surface area (Å²) >= 11 is 0. The van der Waals surface area contributed by atoms with Gasteiger partial charge in [0.05, 0.1) is 5.69 Å². The molecular weight excluding hydrogens is 423 g/mol. The first kappa shape index (κ1) is 22.0. The lowest BCUT2D eigenvalue weighted by Gasteiger charge is -2.27. The van der Waals surface area contributed by atoms with Crippen LogP contribution in [0, 0.1) is 11.7 Å². The van der Waals surface area contributed by atoms with Gasteiger partial charge in [0.2, 0.25) is 11.8 Å². The number of amides is 1. The first-order valence-electron chi connectivity index (χ1n) is 11.9. The molecule has 9 heteroatoms. The number of benzene rings is 1. The van der Waals surface area contributed by atoms with Crippen molar-refractivity contribution in [3.05, 3.63) is 35.6 Å². The zero-order valence-electron chi connectivity index (χ0n) is 19.5. The van der Waals surface area contributed by atoms with Gasteiger partial charge in [0.25, 0.3) is 5.95 Å². The number of rotatable bonds is 6. The van der Waals surface area contributed by atoms with Crippen LogP contribution >= 0.6 is 0 Å². The summed E-state index contributed by atoms with van der Waals surface area (Å²) < 4.78 is 21.7. The Morgan fingerprint density at radius 2 is 2.12 bits per heavy atom. The van der Waals surface area contributed by atoms with Gasteiger partial charge in [-0.2, -0.15) is 14.8 Å². The predicted octanol–water partition coefficient (Wildman–Crippen LogP) is 3.55. The van der Waals surface area contributed by atoms with Crippen LogP contribution in [0.4, 0.5) is 4.39 Å². The van der Waals surface area contributed by atoms with Crippen molar-refractivity contribution in [2.75, 3.05) is 26.2 Å². The first-order valence-corrected chi connectivity index (χ1v) is 11.9. The third-order valence-corrected chi connectivity index (χ3v) is 6.96. The summed E-state index contributed by atoms with van der Waals surface area (Å²) in [4.78, 5) is 20.9. The maximum Gasteiger partial charge on any atom is 0.291 e. The molecule has 0 aliphatic carbocycles. The number of para-hydroxylation sites is 1. The lowest BCUT2D eigenvalue weighted by Crippen LogP contribution is -2.41. The molecule has 2 fully saturated rings. The molecule has 2 aliphatic rings. The summed E-state index contributed by atoms with van der Waals surface area (Å²) in [7, 11) is 0. The highest BCUT2D eigenvalue weighted by molar-refractivity contribution is 5.84. The summed E-state index contributed by atoms with van der Waals surface area (Å²) in [6.45, 7) is 9.51. The fourth-order valence-corrected chi connectivity index (χ4v) is 5.37. The highest BCUT2D eigenvalue weighted by Gasteiger charge is 2.32. The van der Waals surface area contributed by atoms with Crippen molar-refractivity contribution in [2.45, 2.75) is 58.4 Å². The van der Waals surface area contributed by atoms with Crippen LogP contribution in [0.2, 0.25) is 0 Å². The Kier molecular flexibility index (Phi) is 5.90. The number of halogens is 1. The fourth-order valence-electron chi connectivity index (χ4n) is 5.37. The fraction of sp³-hybridized carbons (Fsp3) is 0.583. The summed E-state index contributed by atoms with van der Waals surface area (Å²) in [5.41, 5.74) is 1.20. The highest BCUT2D eigenvalue weighted by atomic mass is 19.1. The smallest absolute Gasteiger partial charge is 0.291 e. The minimum Gasteiger partial charge on any atom is -0.339 e. The summed E-state index contributed by atoms with van der Waals surface area (Å²) in [5, 5.41) is 9.49. The van der Waals surface area contributed by atoms with Gasteiger partial charge < -0.3 is 14.3 Å². The van der Waals surface area contributed by atoms with Gasteiger partial charge in [0, 0.05) is 44.4 Å². The number of fused-ring (bicyclic) bond motifs is 1. The summed E-state index contributed by atoms with van der Waals surface area (Å²) in [6, 6.07) is 5.33. The Labute approximate surface area is 192 Å². The second kappa shape index (κ2) is 8.85. The quantitative estimate of drug-likeness (QED) is 0.567. The van der Waals surface area contributed by atoms with Crippen molar-refractivity contribution >= 4 is 16.8 Å². The minimum absolute atomic E-state index is 0.144. The summed E-state index contributed by atoms with van der Waals surface area (Å²) in [6.07, 6.45) is 3.92. The van der Waals surface area contributed by atoms with Gasteiger partial charge in [-0.15, -0.1) is 0 Å². The zero-order valence-corrected chi connectivity index (χ0v) is 19.5. The molecule has 0 N–H and O–H groups in total. The number of carbonyl (C=O) groups is 1. The molecule has 3 aromatic rings. The van der Waals surface area contributed by atoms with Crippen LogP contribution in [-0.2, 0) is 11.2 Å². The van der Waals surface area contributed by atoms with E-state index < -0.39 is 0 Å². The number of aromatic nitrogens is 4. The third kappa shape index (κ3) is 4.26. The number of carbonyl (C=O) groups excluding carboxylic acids is 1. The largest absolute Gasteiger partial charge is 0.339 e. The Hall–Kier alpha value is -2.81. The zero-order chi connectivity index (χ0) is 23.1. The van der Waals surface area contributed by atoms with Crippen molar-refractivity contribution in [1.29, 1.82) is 0 Å². The molecule has 4 heterocycles. The Balaban J connectivity index is 1.27. The third-order valence-electron chi connectivity index (χ3n) is 6.96. The molecule has 2 atom stereocenters. The molecule has 0 unspecified atom stereocenters. The topological polar surface area (TPSA) is 80.3 Å². The summed E-state index contributed by atoms with van der Waals surface area (Å²) in [5.74, 6) is 1.21. The molecule has 0 radical (unpaired) electrons. The van der Waals surface area contributed by atoms with Crippen LogP contribution in [0.15, 0.2) is 22.7 Å². The van der Waals surface area contributed by atoms with E-state index in [9.17, 15) is 9.18 Å². The van der Waals surface area contributed by atoms with Crippen LogP contribution in [0.3, 0.4) is 0 Å². The van der Waals surface area contributed by atoms with E-state index in [0.29, 0.717) is 29.8 Å². The van der Waals surface area contributed by atoms with Crippen LogP contribution in [0.1, 0.15) is 57.5 Å². The minimum atomic E-state index is -0.351. The standard InChI is InChI=1S/C24H31FN6O2/c1-15(2)22-19-7-4-8-20(25)23(19)31(27-22)24-26-21(33-28-24)12-17-9-11-29(13-17)14-18-6-5-10-30(18)16(3)32/h4,7-8,15,17-18H,5-6,9-14H2,1-3H3/t17-,18-/m0/s1. The molecule has 176 valence electrons. The van der Waals surface area contributed by atoms with Crippen molar-refractivity contribution in [3.63, 3.8) is 0 Å². The van der Waals surface area contributed by atoms with Crippen molar-refractivity contribution in [2.24, 2.45) is 5.92 Å². The average Bonchev–Trinajstić information content (AvgIpc) is 3.54. The molecule has 2 aliphatic heterocycles. The SMILES string of the molecule is CC(=O)N1CCC[C@H]1CN1CC[C@@H](Cc2nc(-n3nc(C(C)C)c4cccc(F)c43)no2)C1. The van der Waals surface area contributed by atoms with Gasteiger partial charge in [-0.25, -0.2) is 4.39 Å². The number of nitrogens with zero attached hydrogens (tertiary/aromatic N) is 6. The van der Waals surface area contributed by atoms with Crippen LogP contribution in [-0.4, -0.2) is 67.8 Å². The molecule has 33 heavy (non-hydrogen) atoms. The Morgan fingerprint density at radius 3 is 2.91 bits per heavy atom. The lowest BCUT2D eigenvalue weighted by atomic mass is 10.1. The van der Waals surface area contributed by atoms with Crippen LogP contribution in [0.25, 0.3) is 16.9 Å². The van der Waals surface area contributed by atoms with Gasteiger partial charge in [0.1, 0.15) is 11.3 Å². The Bertz CT molecular complexity index is 1160. The molecule has 1 aromatic carbocycles. The van der Waals surface area contributed by atoms with E-state index in [1.807, 2.05) is 24.8 Å². The molecule has 0 saturated carbocycles. The molecule has 0 spiro atoms. The maximum absolute atomic E-state index is 14.7. The average molecular weight is 455 g/mol. The van der Waals surface area contributed by atoms with Crippen LogP contribution < -0.4 is 0 Å². The van der Waals surface area contributed by atoms with Gasteiger partial charge in [-0.1, -0.05) is 26.0 Å². The van der Waals surface area contributed by atoms with Gasteiger partial charge in [0.15, 0.2) is 0 Å².